The molecule has 0 aliphatic carbocycles. The number of rotatable bonds is 2. The maximum Gasteiger partial charge on any atom is 0.338 e. The van der Waals surface area contributed by atoms with Crippen LogP contribution in [0.1, 0.15) is 21.5 Å². The first kappa shape index (κ1) is 12.9. The highest BCUT2D eigenvalue weighted by Crippen LogP contribution is 2.23. The fraction of sp³-hybridized carbons (Fsp3) is 0.385. The van der Waals surface area contributed by atoms with Crippen molar-refractivity contribution in [1.82, 2.24) is 4.90 Å². The van der Waals surface area contributed by atoms with E-state index in [0.717, 1.165) is 11.1 Å². The van der Waals surface area contributed by atoms with Gasteiger partial charge in [-0.2, -0.15) is 0 Å². The second kappa shape index (κ2) is 5.40. The van der Waals surface area contributed by atoms with Crippen LogP contribution in [0.15, 0.2) is 18.2 Å². The summed E-state index contributed by atoms with van der Waals surface area (Å²) in [6.45, 7) is 1.10. The zero-order valence-corrected chi connectivity index (χ0v) is 10.9. The maximum absolute atomic E-state index is 11.6. The monoisotopic (exact) mass is 267 g/mol. The third kappa shape index (κ3) is 2.34. The van der Waals surface area contributed by atoms with Crippen LogP contribution in [-0.2, 0) is 22.5 Å². The lowest BCUT2D eigenvalue weighted by molar-refractivity contribution is -0.129. The third-order valence-corrected chi connectivity index (χ3v) is 3.37. The Kier molecular flexibility index (Phi) is 3.87. The van der Waals surface area contributed by atoms with Crippen molar-refractivity contribution in [2.75, 3.05) is 19.5 Å². The SMILES string of the molecule is COC(=O)c1cccc2c1CCN(C(=O)CCl)C2. The molecular weight excluding hydrogens is 254 g/mol. The van der Waals surface area contributed by atoms with Crippen molar-refractivity contribution >= 4 is 23.5 Å². The number of hydrogen-bond acceptors (Lipinski definition) is 3. The molecule has 1 aliphatic heterocycles. The number of halogens is 1. The van der Waals surface area contributed by atoms with E-state index in [2.05, 4.69) is 0 Å². The summed E-state index contributed by atoms with van der Waals surface area (Å²) in [5.74, 6) is -0.416. The summed E-state index contributed by atoms with van der Waals surface area (Å²) < 4.78 is 4.76. The smallest absolute Gasteiger partial charge is 0.338 e. The molecule has 1 amide bonds. The summed E-state index contributed by atoms with van der Waals surface area (Å²) in [6, 6.07) is 5.49. The molecule has 0 spiro atoms. The van der Waals surface area contributed by atoms with Crippen LogP contribution in [0.5, 0.6) is 0 Å². The summed E-state index contributed by atoms with van der Waals surface area (Å²) in [4.78, 5) is 24.9. The molecule has 1 heterocycles. The van der Waals surface area contributed by atoms with E-state index < -0.39 is 0 Å². The van der Waals surface area contributed by atoms with Gasteiger partial charge >= 0.3 is 5.97 Å². The van der Waals surface area contributed by atoms with E-state index in [-0.39, 0.29) is 17.8 Å². The van der Waals surface area contributed by atoms with E-state index in [1.54, 1.807) is 17.0 Å². The number of carbonyl (C=O) groups excluding carboxylic acids is 2. The van der Waals surface area contributed by atoms with Crippen LogP contribution in [0.25, 0.3) is 0 Å². The molecule has 18 heavy (non-hydrogen) atoms. The molecule has 0 saturated carbocycles. The van der Waals surface area contributed by atoms with E-state index in [1.165, 1.54) is 7.11 Å². The molecule has 1 aromatic rings. The average Bonchev–Trinajstić information content (AvgIpc) is 2.44. The van der Waals surface area contributed by atoms with Crippen molar-refractivity contribution in [3.63, 3.8) is 0 Å². The van der Waals surface area contributed by atoms with Crippen molar-refractivity contribution < 1.29 is 14.3 Å². The number of benzene rings is 1. The molecule has 0 bridgehead atoms. The Morgan fingerprint density at radius 1 is 1.44 bits per heavy atom. The molecule has 0 radical (unpaired) electrons. The van der Waals surface area contributed by atoms with E-state index in [1.807, 2.05) is 6.07 Å². The van der Waals surface area contributed by atoms with Crippen molar-refractivity contribution in [2.45, 2.75) is 13.0 Å². The minimum Gasteiger partial charge on any atom is -0.465 e. The Morgan fingerprint density at radius 3 is 2.89 bits per heavy atom. The molecule has 0 N–H and O–H groups in total. The van der Waals surface area contributed by atoms with Crippen LogP contribution in [0.3, 0.4) is 0 Å². The molecule has 0 unspecified atom stereocenters. The Balaban J connectivity index is 2.30. The number of fused-ring (bicyclic) bond motifs is 1. The first-order valence-electron chi connectivity index (χ1n) is 5.70. The first-order chi connectivity index (χ1) is 8.67. The third-order valence-electron chi connectivity index (χ3n) is 3.14. The lowest BCUT2D eigenvalue weighted by Gasteiger charge is -2.29. The summed E-state index contributed by atoms with van der Waals surface area (Å²) in [5, 5.41) is 0. The fourth-order valence-corrected chi connectivity index (χ4v) is 2.38. The minimum absolute atomic E-state index is 0.00791. The quantitative estimate of drug-likeness (QED) is 0.604. The second-order valence-corrected chi connectivity index (χ2v) is 4.40. The lowest BCUT2D eigenvalue weighted by atomic mass is 9.94. The number of carbonyl (C=O) groups is 2. The molecule has 1 aromatic carbocycles. The number of methoxy groups -OCH3 is 1. The highest BCUT2D eigenvalue weighted by molar-refractivity contribution is 6.27. The van der Waals surface area contributed by atoms with Crippen LogP contribution < -0.4 is 0 Å². The fourth-order valence-electron chi connectivity index (χ4n) is 2.21. The summed E-state index contributed by atoms with van der Waals surface area (Å²) in [6.07, 6.45) is 0.656. The van der Waals surface area contributed by atoms with Crippen LogP contribution in [0.2, 0.25) is 0 Å². The molecule has 96 valence electrons. The molecular formula is C13H14ClNO3. The van der Waals surface area contributed by atoms with Crippen molar-refractivity contribution in [2.24, 2.45) is 0 Å². The highest BCUT2D eigenvalue weighted by atomic mass is 35.5. The van der Waals surface area contributed by atoms with Crippen LogP contribution >= 0.6 is 11.6 Å². The van der Waals surface area contributed by atoms with Gasteiger partial charge in [0.15, 0.2) is 0 Å². The molecule has 2 rings (SSSR count). The van der Waals surface area contributed by atoms with Gasteiger partial charge in [0, 0.05) is 13.1 Å². The Morgan fingerprint density at radius 2 is 2.22 bits per heavy atom. The predicted molar refractivity (Wildman–Crippen MR) is 67.6 cm³/mol. The van der Waals surface area contributed by atoms with E-state index >= 15 is 0 Å². The van der Waals surface area contributed by atoms with Gasteiger partial charge in [-0.15, -0.1) is 11.6 Å². The zero-order valence-electron chi connectivity index (χ0n) is 10.1. The van der Waals surface area contributed by atoms with Crippen LogP contribution in [0.4, 0.5) is 0 Å². The molecule has 0 saturated heterocycles. The number of amides is 1. The van der Waals surface area contributed by atoms with Gasteiger partial charge in [-0.05, 0) is 23.6 Å². The van der Waals surface area contributed by atoms with Crippen LogP contribution in [-0.4, -0.2) is 36.3 Å². The first-order valence-corrected chi connectivity index (χ1v) is 6.23. The number of esters is 1. The van der Waals surface area contributed by atoms with Crippen molar-refractivity contribution in [3.05, 3.63) is 34.9 Å². The zero-order chi connectivity index (χ0) is 13.1. The van der Waals surface area contributed by atoms with Gasteiger partial charge in [0.2, 0.25) is 5.91 Å². The number of hydrogen-bond donors (Lipinski definition) is 0. The summed E-state index contributed by atoms with van der Waals surface area (Å²) >= 11 is 5.55. The van der Waals surface area contributed by atoms with Crippen molar-refractivity contribution in [1.29, 1.82) is 0 Å². The van der Waals surface area contributed by atoms with Gasteiger partial charge in [0.05, 0.1) is 12.7 Å². The number of nitrogens with zero attached hydrogens (tertiary/aromatic N) is 1. The van der Waals surface area contributed by atoms with Crippen molar-refractivity contribution in [3.8, 4) is 0 Å². The molecule has 0 fully saturated rings. The average molecular weight is 268 g/mol. The molecule has 4 nitrogen and oxygen atoms in total. The number of ether oxygens (including phenoxy) is 1. The van der Waals surface area contributed by atoms with E-state index in [4.69, 9.17) is 16.3 Å². The minimum atomic E-state index is -0.330. The van der Waals surface area contributed by atoms with Gasteiger partial charge in [0.1, 0.15) is 5.88 Å². The van der Waals surface area contributed by atoms with Crippen LogP contribution in [0, 0.1) is 0 Å². The van der Waals surface area contributed by atoms with E-state index in [9.17, 15) is 9.59 Å². The highest BCUT2D eigenvalue weighted by Gasteiger charge is 2.23. The molecule has 0 atom stereocenters. The van der Waals surface area contributed by atoms with Gasteiger partial charge in [0.25, 0.3) is 0 Å². The Hall–Kier alpha value is -1.55. The van der Waals surface area contributed by atoms with Gasteiger partial charge in [-0.1, -0.05) is 12.1 Å². The normalized spacial score (nSPS) is 14.0. The lowest BCUT2D eigenvalue weighted by Crippen LogP contribution is -2.37. The Bertz CT molecular complexity index is 487. The predicted octanol–water partition coefficient (Wildman–Crippen LogP) is 1.60. The largest absolute Gasteiger partial charge is 0.465 e. The molecule has 5 heteroatoms. The van der Waals surface area contributed by atoms with Gasteiger partial charge in [-0.25, -0.2) is 4.79 Å². The van der Waals surface area contributed by atoms with Gasteiger partial charge < -0.3 is 9.64 Å². The summed E-state index contributed by atoms with van der Waals surface area (Å²) in [7, 11) is 1.37. The van der Waals surface area contributed by atoms with Gasteiger partial charge in [-0.3, -0.25) is 4.79 Å². The Labute approximate surface area is 110 Å². The topological polar surface area (TPSA) is 46.6 Å². The second-order valence-electron chi connectivity index (χ2n) is 4.13. The molecule has 0 aromatic heterocycles. The molecule has 1 aliphatic rings. The van der Waals surface area contributed by atoms with E-state index in [0.29, 0.717) is 25.1 Å². The maximum atomic E-state index is 11.6. The standard InChI is InChI=1S/C13H14ClNO3/c1-18-13(17)11-4-2-3-9-8-15(12(16)7-14)6-5-10(9)11/h2-4H,5-8H2,1H3. The summed E-state index contributed by atoms with van der Waals surface area (Å²) in [5.41, 5.74) is 2.55. The number of alkyl halides is 1.